The minimum Gasteiger partial charge on any atom is -0.474 e. The van der Waals surface area contributed by atoms with Gasteiger partial charge in [-0.25, -0.2) is 4.98 Å². The minimum atomic E-state index is 0.207. The molecule has 1 saturated heterocycles. The van der Waals surface area contributed by atoms with E-state index in [0.29, 0.717) is 5.88 Å². The Labute approximate surface area is 169 Å². The van der Waals surface area contributed by atoms with E-state index >= 15 is 0 Å². The fourth-order valence-corrected chi connectivity index (χ4v) is 4.02. The minimum absolute atomic E-state index is 0.207. The van der Waals surface area contributed by atoms with Crippen molar-refractivity contribution in [2.45, 2.75) is 25.9 Å². The van der Waals surface area contributed by atoms with Crippen LogP contribution in [0.15, 0.2) is 61.1 Å². The van der Waals surface area contributed by atoms with Crippen molar-refractivity contribution in [1.82, 2.24) is 20.2 Å². The Morgan fingerprint density at radius 3 is 2.69 bits per heavy atom. The molecule has 4 heterocycles. The number of aryl methyl sites for hydroxylation is 1. The smallest absolute Gasteiger partial charge is 0.213 e. The van der Waals surface area contributed by atoms with Crippen LogP contribution in [0.4, 0.5) is 5.69 Å². The molecular formula is C23H23N5O. The summed E-state index contributed by atoms with van der Waals surface area (Å²) in [5.74, 6) is 0.709. The maximum absolute atomic E-state index is 6.05. The number of rotatable bonds is 4. The van der Waals surface area contributed by atoms with E-state index in [1.54, 1.807) is 6.20 Å². The van der Waals surface area contributed by atoms with Crippen LogP contribution in [0.25, 0.3) is 22.0 Å². The van der Waals surface area contributed by atoms with Crippen molar-refractivity contribution in [3.8, 4) is 17.0 Å². The molecule has 0 saturated carbocycles. The number of piperidine rings is 1. The molecule has 4 aromatic rings. The van der Waals surface area contributed by atoms with Gasteiger partial charge in [0.25, 0.3) is 0 Å². The van der Waals surface area contributed by atoms with Crippen molar-refractivity contribution >= 4 is 16.6 Å². The van der Waals surface area contributed by atoms with Gasteiger partial charge in [0.2, 0.25) is 5.88 Å². The number of H-pyrrole nitrogens is 1. The Bertz CT molecular complexity index is 1120. The average Bonchev–Trinajstić information content (AvgIpc) is 3.20. The summed E-state index contributed by atoms with van der Waals surface area (Å²) in [5, 5.41) is 8.36. The largest absolute Gasteiger partial charge is 0.474 e. The molecule has 1 aliphatic rings. The Hall–Kier alpha value is -3.41. The zero-order chi connectivity index (χ0) is 19.6. The van der Waals surface area contributed by atoms with E-state index in [1.165, 1.54) is 11.1 Å². The summed E-state index contributed by atoms with van der Waals surface area (Å²) in [4.78, 5) is 11.3. The van der Waals surface area contributed by atoms with E-state index in [9.17, 15) is 0 Å². The first-order valence-corrected chi connectivity index (χ1v) is 10.00. The van der Waals surface area contributed by atoms with Crippen LogP contribution in [-0.4, -0.2) is 39.4 Å². The molecule has 6 heteroatoms. The molecule has 0 atom stereocenters. The summed E-state index contributed by atoms with van der Waals surface area (Å²) in [7, 11) is 0. The Morgan fingerprint density at radius 2 is 1.93 bits per heavy atom. The van der Waals surface area contributed by atoms with Crippen molar-refractivity contribution in [1.29, 1.82) is 0 Å². The number of anilines is 1. The maximum Gasteiger partial charge on any atom is 0.213 e. The zero-order valence-corrected chi connectivity index (χ0v) is 16.4. The molecule has 1 aromatic carbocycles. The molecule has 0 radical (unpaired) electrons. The van der Waals surface area contributed by atoms with Gasteiger partial charge in [-0.1, -0.05) is 12.1 Å². The molecule has 0 spiro atoms. The molecule has 5 rings (SSSR count). The maximum atomic E-state index is 6.05. The van der Waals surface area contributed by atoms with E-state index in [0.717, 1.165) is 48.3 Å². The first-order valence-electron chi connectivity index (χ1n) is 10.00. The Kier molecular flexibility index (Phi) is 4.60. The lowest BCUT2D eigenvalue weighted by atomic mass is 10.0. The number of hydrogen-bond donors (Lipinski definition) is 1. The summed E-state index contributed by atoms with van der Waals surface area (Å²) in [6, 6.07) is 14.3. The van der Waals surface area contributed by atoms with Crippen LogP contribution in [0.2, 0.25) is 0 Å². The molecule has 0 aliphatic carbocycles. The SMILES string of the molecule is Cc1[nH]ncc1-c1ccc2nccc(N3CCC(Oc4ccccn4)CC3)c2c1. The van der Waals surface area contributed by atoms with Gasteiger partial charge in [-0.05, 0) is 36.8 Å². The van der Waals surface area contributed by atoms with Crippen molar-refractivity contribution in [3.05, 3.63) is 66.7 Å². The molecule has 1 aliphatic heterocycles. The summed E-state index contributed by atoms with van der Waals surface area (Å²) in [6.45, 7) is 3.94. The van der Waals surface area contributed by atoms with Crippen molar-refractivity contribution in [2.75, 3.05) is 18.0 Å². The number of aromatic nitrogens is 4. The zero-order valence-electron chi connectivity index (χ0n) is 16.4. The Morgan fingerprint density at radius 1 is 1.03 bits per heavy atom. The van der Waals surface area contributed by atoms with Gasteiger partial charge < -0.3 is 9.64 Å². The van der Waals surface area contributed by atoms with Gasteiger partial charge >= 0.3 is 0 Å². The first kappa shape index (κ1) is 17.7. The predicted molar refractivity (Wildman–Crippen MR) is 114 cm³/mol. The van der Waals surface area contributed by atoms with E-state index in [4.69, 9.17) is 4.74 Å². The lowest BCUT2D eigenvalue weighted by Crippen LogP contribution is -2.38. The van der Waals surface area contributed by atoms with Crippen LogP contribution in [-0.2, 0) is 0 Å². The van der Waals surface area contributed by atoms with Gasteiger partial charge in [0, 0.05) is 66.7 Å². The molecule has 0 unspecified atom stereocenters. The number of aromatic amines is 1. The number of pyridine rings is 2. The Balaban J connectivity index is 1.38. The quantitative estimate of drug-likeness (QED) is 0.565. The number of fused-ring (bicyclic) bond motifs is 1. The van der Waals surface area contributed by atoms with E-state index < -0.39 is 0 Å². The second kappa shape index (κ2) is 7.54. The second-order valence-electron chi connectivity index (χ2n) is 7.44. The highest BCUT2D eigenvalue weighted by molar-refractivity contribution is 5.94. The third-order valence-corrected chi connectivity index (χ3v) is 5.57. The fourth-order valence-electron chi connectivity index (χ4n) is 4.02. The molecule has 0 bridgehead atoms. The van der Waals surface area contributed by atoms with Crippen molar-refractivity contribution in [2.24, 2.45) is 0 Å². The lowest BCUT2D eigenvalue weighted by Gasteiger charge is -2.34. The molecule has 0 amide bonds. The monoisotopic (exact) mass is 385 g/mol. The number of benzene rings is 1. The summed E-state index contributed by atoms with van der Waals surface area (Å²) in [5.41, 5.74) is 5.60. The van der Waals surface area contributed by atoms with Gasteiger partial charge in [-0.15, -0.1) is 0 Å². The molecule has 1 N–H and O–H groups in total. The lowest BCUT2D eigenvalue weighted by molar-refractivity contribution is 0.164. The third kappa shape index (κ3) is 3.53. The van der Waals surface area contributed by atoms with Gasteiger partial charge in [0.05, 0.1) is 11.7 Å². The molecule has 6 nitrogen and oxygen atoms in total. The normalized spacial score (nSPS) is 15.0. The number of nitrogens with one attached hydrogen (secondary N) is 1. The van der Waals surface area contributed by atoms with Crippen LogP contribution < -0.4 is 9.64 Å². The molecule has 146 valence electrons. The average molecular weight is 385 g/mol. The van der Waals surface area contributed by atoms with Gasteiger partial charge in [-0.2, -0.15) is 5.10 Å². The highest BCUT2D eigenvalue weighted by Crippen LogP contribution is 2.32. The standard InChI is InChI=1S/C23H23N5O/c1-16-20(15-26-27-16)17-5-6-21-19(14-17)22(7-11-24-21)28-12-8-18(9-13-28)29-23-4-2-3-10-25-23/h2-7,10-11,14-15,18H,8-9,12-13H2,1H3,(H,26,27). The van der Waals surface area contributed by atoms with Crippen LogP contribution in [0.5, 0.6) is 5.88 Å². The highest BCUT2D eigenvalue weighted by atomic mass is 16.5. The van der Waals surface area contributed by atoms with Crippen LogP contribution in [0.1, 0.15) is 18.5 Å². The van der Waals surface area contributed by atoms with Crippen LogP contribution in [0.3, 0.4) is 0 Å². The van der Waals surface area contributed by atoms with Gasteiger partial charge in [0.15, 0.2) is 0 Å². The second-order valence-corrected chi connectivity index (χ2v) is 7.44. The predicted octanol–water partition coefficient (Wildman–Crippen LogP) is 4.38. The highest BCUT2D eigenvalue weighted by Gasteiger charge is 2.22. The summed E-state index contributed by atoms with van der Waals surface area (Å²) in [6.07, 6.45) is 7.71. The van der Waals surface area contributed by atoms with E-state index in [2.05, 4.69) is 49.3 Å². The first-order chi connectivity index (χ1) is 14.3. The molecular weight excluding hydrogens is 362 g/mol. The number of nitrogens with zero attached hydrogens (tertiary/aromatic N) is 4. The van der Waals surface area contributed by atoms with Gasteiger partial charge in [-0.3, -0.25) is 10.1 Å². The topological polar surface area (TPSA) is 66.9 Å². The van der Waals surface area contributed by atoms with Crippen LogP contribution in [0, 0.1) is 6.92 Å². The molecule has 3 aromatic heterocycles. The van der Waals surface area contributed by atoms with E-state index in [1.807, 2.05) is 37.5 Å². The van der Waals surface area contributed by atoms with Crippen molar-refractivity contribution in [3.63, 3.8) is 0 Å². The summed E-state index contributed by atoms with van der Waals surface area (Å²) < 4.78 is 6.05. The van der Waals surface area contributed by atoms with Gasteiger partial charge in [0.1, 0.15) is 6.10 Å². The number of ether oxygens (including phenoxy) is 1. The molecule has 1 fully saturated rings. The molecule has 29 heavy (non-hydrogen) atoms. The van der Waals surface area contributed by atoms with Crippen molar-refractivity contribution < 1.29 is 4.74 Å². The fraction of sp³-hybridized carbons (Fsp3) is 0.261. The third-order valence-electron chi connectivity index (χ3n) is 5.57. The van der Waals surface area contributed by atoms with E-state index in [-0.39, 0.29) is 6.10 Å². The number of hydrogen-bond acceptors (Lipinski definition) is 5. The summed E-state index contributed by atoms with van der Waals surface area (Å²) >= 11 is 0. The van der Waals surface area contributed by atoms with Crippen LogP contribution >= 0.6 is 0 Å².